The maximum Gasteiger partial charge on any atom is 0.229 e. The first-order valence-electron chi connectivity index (χ1n) is 6.45. The molecule has 0 saturated carbocycles. The van der Waals surface area contributed by atoms with E-state index >= 15 is 0 Å². The molecule has 6 heteroatoms. The van der Waals surface area contributed by atoms with Crippen LogP contribution in [0.15, 0.2) is 52.4 Å². The lowest BCUT2D eigenvalue weighted by Crippen LogP contribution is -2.37. The predicted molar refractivity (Wildman–Crippen MR) is 75.8 cm³/mol. The Morgan fingerprint density at radius 2 is 1.70 bits per heavy atom. The highest BCUT2D eigenvalue weighted by atomic mass is 32.2. The number of nitrogens with zero attached hydrogens (tertiary/aromatic N) is 2. The van der Waals surface area contributed by atoms with E-state index in [0.717, 1.165) is 0 Å². The quantitative estimate of drug-likeness (QED) is 0.642. The Labute approximate surface area is 119 Å². The van der Waals surface area contributed by atoms with Gasteiger partial charge in [-0.05, 0) is 18.2 Å². The lowest BCUT2D eigenvalue weighted by Gasteiger charge is -2.04. The Kier molecular flexibility index (Phi) is 5.64. The molecule has 0 saturated heterocycles. The summed E-state index contributed by atoms with van der Waals surface area (Å²) in [7, 11) is -3.72. The van der Waals surface area contributed by atoms with Crippen LogP contribution >= 0.6 is 0 Å². The Balaban J connectivity index is 0.000000956. The molecule has 0 unspecified atom stereocenters. The minimum absolute atomic E-state index is 0.127. The van der Waals surface area contributed by atoms with E-state index in [1.54, 1.807) is 25.1 Å². The predicted octanol–water partition coefficient (Wildman–Crippen LogP) is 2.14. The van der Waals surface area contributed by atoms with Crippen LogP contribution in [0.3, 0.4) is 0 Å². The maximum absolute atomic E-state index is 12.2. The van der Waals surface area contributed by atoms with Crippen molar-refractivity contribution in [3.8, 4) is 0 Å². The molecule has 108 valence electrons. The summed E-state index contributed by atoms with van der Waals surface area (Å²) < 4.78 is 24.3. The van der Waals surface area contributed by atoms with Gasteiger partial charge in [-0.1, -0.05) is 43.8 Å². The average Bonchev–Trinajstić information content (AvgIpc) is 2.50. The zero-order chi connectivity index (χ0) is 15.2. The molecule has 0 aliphatic heterocycles. The number of benzene rings is 1. The van der Waals surface area contributed by atoms with Crippen molar-refractivity contribution >= 4 is 9.84 Å². The van der Waals surface area contributed by atoms with Crippen LogP contribution in [-0.4, -0.2) is 13.5 Å². The van der Waals surface area contributed by atoms with Crippen LogP contribution < -0.4 is 4.85 Å². The molecule has 5 nitrogen and oxygen atoms in total. The lowest BCUT2D eigenvalue weighted by atomic mass is 10.3. The summed E-state index contributed by atoms with van der Waals surface area (Å²) >= 11 is 0. The number of hydrogen-bond acceptors (Lipinski definition) is 4. The third-order valence-corrected chi connectivity index (χ3v) is 4.21. The molecular formula is C14H18N2O3S. The molecule has 0 aliphatic rings. The van der Waals surface area contributed by atoms with E-state index in [9.17, 15) is 13.6 Å². The van der Waals surface area contributed by atoms with Gasteiger partial charge < -0.3 is 5.21 Å². The van der Waals surface area contributed by atoms with Gasteiger partial charge >= 0.3 is 0 Å². The summed E-state index contributed by atoms with van der Waals surface area (Å²) in [5, 5.41) is 14.8. The molecule has 0 N–H and O–H groups in total. The molecule has 0 amide bonds. The fourth-order valence-corrected chi connectivity index (χ4v) is 2.72. The molecule has 0 radical (unpaired) electrons. The molecule has 1 heterocycles. The van der Waals surface area contributed by atoms with Gasteiger partial charge in [0.2, 0.25) is 20.6 Å². The number of aromatic nitrogens is 2. The summed E-state index contributed by atoms with van der Waals surface area (Å²) in [5.41, 5.74) is 0.432. The van der Waals surface area contributed by atoms with Gasteiger partial charge in [-0.25, -0.2) is 8.42 Å². The minimum Gasteiger partial charge on any atom is -0.594 e. The first-order chi connectivity index (χ1) is 9.55. The zero-order valence-corrected chi connectivity index (χ0v) is 12.6. The smallest absolute Gasteiger partial charge is 0.229 e. The first-order valence-corrected chi connectivity index (χ1v) is 7.94. The SMILES string of the molecule is CC.CCc1ccc(S(=O)(=O)c2ccccc2)n[n+]1[O-]. The molecule has 2 rings (SSSR count). The summed E-state index contributed by atoms with van der Waals surface area (Å²) in [6.07, 6.45) is 0.502. The van der Waals surface area contributed by atoms with Crippen molar-refractivity contribution in [2.45, 2.75) is 37.1 Å². The van der Waals surface area contributed by atoms with Crippen LogP contribution in [0.5, 0.6) is 0 Å². The van der Waals surface area contributed by atoms with Crippen molar-refractivity contribution in [2.24, 2.45) is 0 Å². The fraction of sp³-hybridized carbons (Fsp3) is 0.286. The standard InChI is InChI=1S/C12H12N2O3S.C2H6/c1-2-10-8-9-12(13-14(10)15)18(16,17)11-6-4-3-5-7-11;1-2/h3-9H,2H2,1H3;1-2H3. The van der Waals surface area contributed by atoms with Gasteiger partial charge in [-0.15, -0.1) is 0 Å². The Bertz CT molecular complexity index is 655. The molecule has 0 fully saturated rings. The Hall–Kier alpha value is -1.95. The van der Waals surface area contributed by atoms with Crippen LogP contribution in [0.25, 0.3) is 0 Å². The second-order valence-electron chi connectivity index (χ2n) is 3.71. The summed E-state index contributed by atoms with van der Waals surface area (Å²) in [4.78, 5) is 0.484. The molecule has 2 aromatic rings. The second-order valence-corrected chi connectivity index (χ2v) is 5.60. The van der Waals surface area contributed by atoms with Crippen molar-refractivity contribution in [1.82, 2.24) is 5.10 Å². The van der Waals surface area contributed by atoms with E-state index < -0.39 is 9.84 Å². The van der Waals surface area contributed by atoms with Gasteiger partial charge in [0.25, 0.3) is 0 Å². The van der Waals surface area contributed by atoms with Crippen LogP contribution in [-0.2, 0) is 16.3 Å². The maximum atomic E-state index is 12.2. The highest BCUT2D eigenvalue weighted by Crippen LogP contribution is 2.17. The molecule has 0 atom stereocenters. The van der Waals surface area contributed by atoms with E-state index in [1.165, 1.54) is 24.3 Å². The van der Waals surface area contributed by atoms with Gasteiger partial charge in [0.1, 0.15) is 0 Å². The van der Waals surface area contributed by atoms with Crippen molar-refractivity contribution in [1.29, 1.82) is 0 Å². The van der Waals surface area contributed by atoms with Gasteiger partial charge in [0.15, 0.2) is 0 Å². The topological polar surface area (TPSA) is 74.0 Å². The first kappa shape index (κ1) is 16.1. The Morgan fingerprint density at radius 1 is 1.10 bits per heavy atom. The molecule has 20 heavy (non-hydrogen) atoms. The van der Waals surface area contributed by atoms with Gasteiger partial charge in [-0.3, -0.25) is 0 Å². The molecule has 1 aromatic heterocycles. The van der Waals surface area contributed by atoms with E-state index in [0.29, 0.717) is 17.0 Å². The highest BCUT2D eigenvalue weighted by Gasteiger charge is 2.22. The molecule has 0 spiro atoms. The van der Waals surface area contributed by atoms with Crippen molar-refractivity contribution in [3.05, 3.63) is 53.4 Å². The van der Waals surface area contributed by atoms with Crippen LogP contribution in [0, 0.1) is 5.21 Å². The fourth-order valence-electron chi connectivity index (χ4n) is 1.54. The average molecular weight is 294 g/mol. The third kappa shape index (κ3) is 3.33. The molecule has 1 aromatic carbocycles. The lowest BCUT2D eigenvalue weighted by molar-refractivity contribution is -0.680. The molecular weight excluding hydrogens is 276 g/mol. The van der Waals surface area contributed by atoms with Gasteiger partial charge in [-0.2, -0.15) is 0 Å². The number of rotatable bonds is 3. The van der Waals surface area contributed by atoms with E-state index in [-0.39, 0.29) is 9.92 Å². The minimum atomic E-state index is -3.72. The van der Waals surface area contributed by atoms with Crippen LogP contribution in [0.2, 0.25) is 0 Å². The third-order valence-electron chi connectivity index (χ3n) is 2.54. The van der Waals surface area contributed by atoms with E-state index in [2.05, 4.69) is 5.10 Å². The van der Waals surface area contributed by atoms with Crippen LogP contribution in [0.1, 0.15) is 26.5 Å². The summed E-state index contributed by atoms with van der Waals surface area (Å²) in [6, 6.07) is 10.8. The molecule has 0 bridgehead atoms. The normalized spacial score (nSPS) is 10.6. The zero-order valence-electron chi connectivity index (χ0n) is 11.8. The number of sulfone groups is 1. The van der Waals surface area contributed by atoms with Gasteiger partial charge in [0.05, 0.1) is 4.90 Å². The van der Waals surface area contributed by atoms with E-state index in [1.807, 2.05) is 13.8 Å². The summed E-state index contributed by atoms with van der Waals surface area (Å²) in [6.45, 7) is 5.80. The van der Waals surface area contributed by atoms with E-state index in [4.69, 9.17) is 0 Å². The highest BCUT2D eigenvalue weighted by molar-refractivity contribution is 7.91. The second kappa shape index (κ2) is 7.00. The number of aryl methyl sites for hydroxylation is 1. The van der Waals surface area contributed by atoms with Crippen LogP contribution in [0.4, 0.5) is 0 Å². The summed E-state index contributed by atoms with van der Waals surface area (Å²) in [5.74, 6) is 0. The van der Waals surface area contributed by atoms with Gasteiger partial charge in [0, 0.05) is 17.6 Å². The monoisotopic (exact) mass is 294 g/mol. The molecule has 0 aliphatic carbocycles. The van der Waals surface area contributed by atoms with Crippen molar-refractivity contribution < 1.29 is 13.3 Å². The Morgan fingerprint density at radius 3 is 2.20 bits per heavy atom. The van der Waals surface area contributed by atoms with Crippen molar-refractivity contribution in [2.75, 3.05) is 0 Å². The van der Waals surface area contributed by atoms with Crippen molar-refractivity contribution in [3.63, 3.8) is 0 Å². The number of hydrogen-bond donors (Lipinski definition) is 0. The largest absolute Gasteiger partial charge is 0.594 e.